The van der Waals surface area contributed by atoms with Crippen molar-refractivity contribution in [1.82, 2.24) is 19.9 Å². The summed E-state index contributed by atoms with van der Waals surface area (Å²) in [5, 5.41) is 15.9. The van der Waals surface area contributed by atoms with Gasteiger partial charge in [0.25, 0.3) is 0 Å². The number of carbonyl (C=O) groups is 1. The minimum atomic E-state index is -0.228. The molecular weight excluding hydrogens is 402 g/mol. The highest BCUT2D eigenvalue weighted by molar-refractivity contribution is 7.99. The summed E-state index contributed by atoms with van der Waals surface area (Å²) in [7, 11) is 0. The molecule has 0 aliphatic heterocycles. The van der Waals surface area contributed by atoms with E-state index in [-0.39, 0.29) is 18.3 Å². The van der Waals surface area contributed by atoms with Crippen LogP contribution in [-0.2, 0) is 17.9 Å². The number of ether oxygens (including phenoxy) is 1. The Hall–Kier alpha value is -2.78. The normalized spacial score (nSPS) is 10.6. The van der Waals surface area contributed by atoms with Crippen LogP contribution in [-0.4, -0.2) is 31.6 Å². The van der Waals surface area contributed by atoms with E-state index in [1.807, 2.05) is 4.57 Å². The molecule has 0 aliphatic carbocycles. The lowest BCUT2D eigenvalue weighted by Gasteiger charge is -2.09. The molecule has 146 valence electrons. The Morgan fingerprint density at radius 1 is 1.39 bits per heavy atom. The Morgan fingerprint density at radius 2 is 2.18 bits per heavy atom. The molecule has 8 nitrogen and oxygen atoms in total. The molecule has 0 radical (unpaired) electrons. The second kappa shape index (κ2) is 9.43. The number of allylic oxidation sites excluding steroid dienone is 1. The van der Waals surface area contributed by atoms with Crippen LogP contribution >= 0.6 is 23.4 Å². The van der Waals surface area contributed by atoms with Crippen molar-refractivity contribution in [1.29, 1.82) is 0 Å². The van der Waals surface area contributed by atoms with Crippen molar-refractivity contribution in [2.45, 2.75) is 25.2 Å². The van der Waals surface area contributed by atoms with Crippen LogP contribution in [0.15, 0.2) is 52.7 Å². The first-order valence-electron chi connectivity index (χ1n) is 8.32. The average molecular weight is 420 g/mol. The largest absolute Gasteiger partial charge is 0.486 e. The molecule has 3 aromatic rings. The van der Waals surface area contributed by atoms with Gasteiger partial charge in [0, 0.05) is 17.6 Å². The maximum atomic E-state index is 12.1. The van der Waals surface area contributed by atoms with Gasteiger partial charge in [-0.2, -0.15) is 0 Å². The molecule has 1 N–H and O–H groups in total. The molecule has 2 heterocycles. The van der Waals surface area contributed by atoms with Gasteiger partial charge in [-0.05, 0) is 31.2 Å². The smallest absolute Gasteiger partial charge is 0.237 e. The van der Waals surface area contributed by atoms with Gasteiger partial charge in [0.1, 0.15) is 12.4 Å². The molecule has 0 saturated heterocycles. The zero-order valence-corrected chi connectivity index (χ0v) is 16.7. The maximum absolute atomic E-state index is 12.1. The number of hydrogen-bond acceptors (Lipinski definition) is 7. The minimum Gasteiger partial charge on any atom is -0.486 e. The van der Waals surface area contributed by atoms with Crippen LogP contribution in [0.2, 0.25) is 5.02 Å². The Morgan fingerprint density at radius 3 is 2.86 bits per heavy atom. The third-order valence-corrected chi connectivity index (χ3v) is 4.73. The van der Waals surface area contributed by atoms with E-state index in [1.165, 1.54) is 11.8 Å². The van der Waals surface area contributed by atoms with Crippen molar-refractivity contribution in [3.05, 3.63) is 59.5 Å². The molecule has 0 saturated carbocycles. The second-order valence-electron chi connectivity index (χ2n) is 5.71. The summed E-state index contributed by atoms with van der Waals surface area (Å²) in [6.07, 6.45) is 1.73. The maximum Gasteiger partial charge on any atom is 0.237 e. The highest BCUT2D eigenvalue weighted by atomic mass is 35.5. The predicted octanol–water partition coefficient (Wildman–Crippen LogP) is 3.72. The molecule has 0 bridgehead atoms. The lowest BCUT2D eigenvalue weighted by atomic mass is 10.3. The minimum absolute atomic E-state index is 0.146. The Kier molecular flexibility index (Phi) is 6.72. The number of hydrogen-bond donors (Lipinski definition) is 1. The molecule has 10 heteroatoms. The quantitative estimate of drug-likeness (QED) is 0.417. The number of aryl methyl sites for hydroxylation is 1. The van der Waals surface area contributed by atoms with Gasteiger partial charge in [-0.1, -0.05) is 34.6 Å². The van der Waals surface area contributed by atoms with E-state index >= 15 is 0 Å². The molecule has 0 unspecified atom stereocenters. The van der Waals surface area contributed by atoms with Gasteiger partial charge in [-0.25, -0.2) is 0 Å². The average Bonchev–Trinajstić information content (AvgIpc) is 3.26. The highest BCUT2D eigenvalue weighted by Crippen LogP contribution is 2.20. The standard InChI is InChI=1S/C18H18ClN5O3S/c1-3-8-24-15(10-26-14-6-4-13(19)5-7-14)21-22-18(24)28-11-16(25)20-17-9-12(2)23-27-17/h3-7,9H,1,8,10-11H2,2H3,(H,20,25). The van der Waals surface area contributed by atoms with Crippen molar-refractivity contribution in [2.75, 3.05) is 11.1 Å². The van der Waals surface area contributed by atoms with Gasteiger partial charge < -0.3 is 9.26 Å². The molecule has 1 aromatic carbocycles. The van der Waals surface area contributed by atoms with Gasteiger partial charge in [-0.15, -0.1) is 16.8 Å². The number of thioether (sulfide) groups is 1. The number of aromatic nitrogens is 4. The highest BCUT2D eigenvalue weighted by Gasteiger charge is 2.15. The molecule has 0 atom stereocenters. The van der Waals surface area contributed by atoms with E-state index in [2.05, 4.69) is 27.2 Å². The van der Waals surface area contributed by atoms with Gasteiger partial charge in [-0.3, -0.25) is 14.7 Å². The lowest BCUT2D eigenvalue weighted by molar-refractivity contribution is -0.113. The molecule has 2 aromatic heterocycles. The van der Waals surface area contributed by atoms with E-state index in [9.17, 15) is 4.79 Å². The van der Waals surface area contributed by atoms with Gasteiger partial charge >= 0.3 is 0 Å². The first kappa shape index (κ1) is 20.0. The molecule has 0 aliphatic rings. The molecule has 1 amide bonds. The zero-order chi connectivity index (χ0) is 19.9. The molecule has 0 fully saturated rings. The Balaban J connectivity index is 1.60. The predicted molar refractivity (Wildman–Crippen MR) is 107 cm³/mol. The van der Waals surface area contributed by atoms with Crippen LogP contribution in [0.5, 0.6) is 5.75 Å². The third kappa shape index (κ3) is 5.37. The zero-order valence-electron chi connectivity index (χ0n) is 15.1. The number of amides is 1. The fourth-order valence-electron chi connectivity index (χ4n) is 2.25. The van der Waals surface area contributed by atoms with Crippen molar-refractivity contribution < 1.29 is 14.1 Å². The first-order chi connectivity index (χ1) is 13.5. The summed E-state index contributed by atoms with van der Waals surface area (Å²) in [5.41, 5.74) is 0.694. The number of carbonyl (C=O) groups excluding carboxylic acids is 1. The van der Waals surface area contributed by atoms with Crippen LogP contribution in [0.25, 0.3) is 0 Å². The summed E-state index contributed by atoms with van der Waals surface area (Å²) >= 11 is 7.13. The Labute approximate surface area is 170 Å². The van der Waals surface area contributed by atoms with Crippen LogP contribution in [0.1, 0.15) is 11.5 Å². The van der Waals surface area contributed by atoms with Crippen molar-refractivity contribution in [2.24, 2.45) is 0 Å². The fourth-order valence-corrected chi connectivity index (χ4v) is 3.14. The van der Waals surface area contributed by atoms with E-state index < -0.39 is 0 Å². The second-order valence-corrected chi connectivity index (χ2v) is 7.09. The summed E-state index contributed by atoms with van der Waals surface area (Å²) in [6, 6.07) is 8.71. The van der Waals surface area contributed by atoms with Crippen molar-refractivity contribution in [3.63, 3.8) is 0 Å². The number of benzene rings is 1. The summed E-state index contributed by atoms with van der Waals surface area (Å²) < 4.78 is 12.5. The van der Waals surface area contributed by atoms with Gasteiger partial charge in [0.05, 0.1) is 11.4 Å². The van der Waals surface area contributed by atoms with E-state index in [0.29, 0.717) is 39.9 Å². The number of nitrogens with zero attached hydrogens (tertiary/aromatic N) is 4. The lowest BCUT2D eigenvalue weighted by Crippen LogP contribution is -2.14. The molecular formula is C18H18ClN5O3S. The van der Waals surface area contributed by atoms with Crippen LogP contribution in [0, 0.1) is 6.92 Å². The SMILES string of the molecule is C=CCn1c(COc2ccc(Cl)cc2)nnc1SCC(=O)Nc1cc(C)no1. The number of rotatable bonds is 9. The monoisotopic (exact) mass is 419 g/mol. The van der Waals surface area contributed by atoms with E-state index in [4.69, 9.17) is 20.9 Å². The van der Waals surface area contributed by atoms with Crippen molar-refractivity contribution in [3.8, 4) is 5.75 Å². The van der Waals surface area contributed by atoms with Gasteiger partial charge in [0.2, 0.25) is 11.8 Å². The third-order valence-electron chi connectivity index (χ3n) is 3.51. The van der Waals surface area contributed by atoms with E-state index in [0.717, 1.165) is 0 Å². The first-order valence-corrected chi connectivity index (χ1v) is 9.69. The number of halogens is 1. The van der Waals surface area contributed by atoms with Gasteiger partial charge in [0.15, 0.2) is 11.0 Å². The van der Waals surface area contributed by atoms with Crippen LogP contribution in [0.3, 0.4) is 0 Å². The van der Waals surface area contributed by atoms with Crippen LogP contribution in [0.4, 0.5) is 5.88 Å². The summed E-state index contributed by atoms with van der Waals surface area (Å²) in [5.74, 6) is 1.53. The molecule has 0 spiro atoms. The topological polar surface area (TPSA) is 95.1 Å². The number of anilines is 1. The Bertz CT molecular complexity index is 955. The molecule has 28 heavy (non-hydrogen) atoms. The van der Waals surface area contributed by atoms with Crippen molar-refractivity contribution >= 4 is 35.2 Å². The number of nitrogens with one attached hydrogen (secondary N) is 1. The summed E-state index contributed by atoms with van der Waals surface area (Å²) in [4.78, 5) is 12.1. The molecule has 3 rings (SSSR count). The summed E-state index contributed by atoms with van der Waals surface area (Å²) in [6.45, 7) is 6.26. The fraction of sp³-hybridized carbons (Fsp3) is 0.222. The van der Waals surface area contributed by atoms with E-state index in [1.54, 1.807) is 43.3 Å². The van der Waals surface area contributed by atoms with Crippen LogP contribution < -0.4 is 10.1 Å².